The normalized spacial score (nSPS) is 10.3. The Morgan fingerprint density at radius 1 is 1.38 bits per heavy atom. The van der Waals surface area contributed by atoms with Crippen LogP contribution in [0.4, 0.5) is 5.69 Å². The maximum Gasteiger partial charge on any atom is 0.306 e. The van der Waals surface area contributed by atoms with Crippen molar-refractivity contribution in [1.29, 1.82) is 0 Å². The van der Waals surface area contributed by atoms with Gasteiger partial charge in [0.25, 0.3) is 0 Å². The molecule has 0 amide bonds. The number of thiol groups is 1. The molecule has 0 aliphatic heterocycles. The second kappa shape index (κ2) is 3.71. The van der Waals surface area contributed by atoms with Gasteiger partial charge < -0.3 is 0 Å². The van der Waals surface area contributed by atoms with E-state index in [1.807, 2.05) is 0 Å². The van der Waals surface area contributed by atoms with E-state index in [0.717, 1.165) is 6.07 Å². The monoisotopic (exact) mass is 221 g/mol. The molecule has 0 spiro atoms. The molecule has 7 heteroatoms. The van der Waals surface area contributed by atoms with E-state index in [2.05, 4.69) is 0 Å². The topological polar surface area (TPSA) is 77.3 Å². The Bertz CT molecular complexity index is 421. The highest BCUT2D eigenvalue weighted by atomic mass is 35.5. The molecule has 0 N–H and O–H groups in total. The molecule has 0 saturated carbocycles. The molecule has 0 unspecified atom stereocenters. The minimum atomic E-state index is -2.99. The van der Waals surface area contributed by atoms with Gasteiger partial charge >= 0.3 is 5.69 Å². The summed E-state index contributed by atoms with van der Waals surface area (Å²) in [4.78, 5) is 9.22. The van der Waals surface area contributed by atoms with E-state index >= 15 is 0 Å². The van der Waals surface area contributed by atoms with Gasteiger partial charge in [0.2, 0.25) is 0 Å². The van der Waals surface area contributed by atoms with E-state index in [0.29, 0.717) is 0 Å². The van der Waals surface area contributed by atoms with Gasteiger partial charge in [0, 0.05) is 0 Å². The van der Waals surface area contributed by atoms with Crippen LogP contribution < -0.4 is 0 Å². The zero-order valence-electron chi connectivity index (χ0n) is 6.14. The SMILES string of the molecule is O=[N+]([O-])c1c(Cl)cccc1[SH](=O)=O. The third-order valence-corrected chi connectivity index (χ3v) is 2.40. The second-order valence-corrected chi connectivity index (χ2v) is 3.53. The van der Waals surface area contributed by atoms with Crippen LogP contribution in [0.15, 0.2) is 23.1 Å². The lowest BCUT2D eigenvalue weighted by Crippen LogP contribution is -1.94. The van der Waals surface area contributed by atoms with Gasteiger partial charge in [-0.05, 0) is 12.1 Å². The summed E-state index contributed by atoms with van der Waals surface area (Å²) in [6.45, 7) is 0. The number of halogens is 1. The Morgan fingerprint density at radius 3 is 2.38 bits per heavy atom. The van der Waals surface area contributed by atoms with E-state index in [1.165, 1.54) is 12.1 Å². The summed E-state index contributed by atoms with van der Waals surface area (Å²) in [5, 5.41) is 10.2. The van der Waals surface area contributed by atoms with Gasteiger partial charge in [-0.2, -0.15) is 0 Å². The minimum absolute atomic E-state index is 0.179. The van der Waals surface area contributed by atoms with Crippen molar-refractivity contribution < 1.29 is 13.3 Å². The Labute approximate surface area is 80.0 Å². The lowest BCUT2D eigenvalue weighted by atomic mass is 10.3. The largest absolute Gasteiger partial charge is 0.306 e. The van der Waals surface area contributed by atoms with Crippen molar-refractivity contribution in [2.24, 2.45) is 0 Å². The van der Waals surface area contributed by atoms with E-state index < -0.39 is 21.3 Å². The number of para-hydroxylation sites is 1. The van der Waals surface area contributed by atoms with E-state index in [9.17, 15) is 18.5 Å². The number of nitrogens with zero attached hydrogens (tertiary/aromatic N) is 1. The molecule has 0 saturated heterocycles. The fourth-order valence-electron chi connectivity index (χ4n) is 0.832. The van der Waals surface area contributed by atoms with Crippen LogP contribution in [0.2, 0.25) is 5.02 Å². The van der Waals surface area contributed by atoms with Crippen LogP contribution in [-0.4, -0.2) is 13.3 Å². The van der Waals surface area contributed by atoms with Crippen LogP contribution >= 0.6 is 11.6 Å². The standard InChI is InChI=1S/C6H4ClNO4S/c7-4-2-1-3-5(13(11)12)6(4)8(9)10/h1-3,13H. The highest BCUT2D eigenvalue weighted by molar-refractivity contribution is 7.72. The average Bonchev–Trinajstić information content (AvgIpc) is 2.02. The summed E-state index contributed by atoms with van der Waals surface area (Å²) in [5.41, 5.74) is -0.569. The summed E-state index contributed by atoms with van der Waals surface area (Å²) in [6, 6.07) is 3.74. The summed E-state index contributed by atoms with van der Waals surface area (Å²) < 4.78 is 21.1. The Balaban J connectivity index is 3.52. The zero-order valence-corrected chi connectivity index (χ0v) is 7.79. The molecule has 0 heterocycles. The van der Waals surface area contributed by atoms with Gasteiger partial charge in [-0.3, -0.25) is 10.1 Å². The first-order valence-electron chi connectivity index (χ1n) is 3.11. The van der Waals surface area contributed by atoms with Gasteiger partial charge in [-0.1, -0.05) is 17.7 Å². The van der Waals surface area contributed by atoms with Crippen LogP contribution in [0.3, 0.4) is 0 Å². The molecule has 70 valence electrons. The average molecular weight is 222 g/mol. The number of nitro benzene ring substituents is 1. The number of hydrogen-bond acceptors (Lipinski definition) is 4. The molecule has 0 atom stereocenters. The molecule has 13 heavy (non-hydrogen) atoms. The lowest BCUT2D eigenvalue weighted by Gasteiger charge is -1.96. The highest BCUT2D eigenvalue weighted by Gasteiger charge is 2.19. The first kappa shape index (κ1) is 9.94. The van der Waals surface area contributed by atoms with Crippen molar-refractivity contribution in [2.45, 2.75) is 4.90 Å². The van der Waals surface area contributed by atoms with Crippen molar-refractivity contribution >= 4 is 28.0 Å². The fourth-order valence-corrected chi connectivity index (χ4v) is 1.72. The number of hydrogen-bond donors (Lipinski definition) is 1. The van der Waals surface area contributed by atoms with E-state index in [-0.39, 0.29) is 9.92 Å². The maximum atomic E-state index is 10.6. The zero-order chi connectivity index (χ0) is 10.0. The van der Waals surface area contributed by atoms with E-state index in [1.54, 1.807) is 0 Å². The lowest BCUT2D eigenvalue weighted by molar-refractivity contribution is -0.387. The van der Waals surface area contributed by atoms with Crippen molar-refractivity contribution in [3.05, 3.63) is 33.3 Å². The molecule has 0 fully saturated rings. The van der Waals surface area contributed by atoms with E-state index in [4.69, 9.17) is 11.6 Å². The van der Waals surface area contributed by atoms with Crippen molar-refractivity contribution in [1.82, 2.24) is 0 Å². The van der Waals surface area contributed by atoms with Crippen molar-refractivity contribution in [3.8, 4) is 0 Å². The van der Waals surface area contributed by atoms with Crippen molar-refractivity contribution in [2.75, 3.05) is 0 Å². The van der Waals surface area contributed by atoms with Gasteiger partial charge in [0.05, 0.1) is 4.92 Å². The number of nitro groups is 1. The Morgan fingerprint density at radius 2 is 2.00 bits per heavy atom. The molecular weight excluding hydrogens is 218 g/mol. The summed E-state index contributed by atoms with van der Waals surface area (Å²) in [7, 11) is -2.99. The van der Waals surface area contributed by atoms with Gasteiger partial charge in [0.15, 0.2) is 10.7 Å². The summed E-state index contributed by atoms with van der Waals surface area (Å²) >= 11 is 5.46. The molecule has 0 aliphatic carbocycles. The van der Waals surface area contributed by atoms with Crippen LogP contribution in [-0.2, 0) is 10.7 Å². The van der Waals surface area contributed by atoms with Gasteiger partial charge in [-0.15, -0.1) is 0 Å². The molecule has 0 aromatic heterocycles. The minimum Gasteiger partial charge on any atom is -0.258 e. The maximum absolute atomic E-state index is 10.6. The Hall–Kier alpha value is -1.14. The molecule has 1 aromatic rings. The van der Waals surface area contributed by atoms with Crippen molar-refractivity contribution in [3.63, 3.8) is 0 Å². The van der Waals surface area contributed by atoms with Crippen LogP contribution in [0, 0.1) is 10.1 Å². The molecule has 5 nitrogen and oxygen atoms in total. The molecular formula is C6H4ClNO4S. The molecule has 0 bridgehead atoms. The second-order valence-electron chi connectivity index (χ2n) is 2.12. The summed E-state index contributed by atoms with van der Waals surface area (Å²) in [6.07, 6.45) is 0. The molecule has 1 aromatic carbocycles. The highest BCUT2D eigenvalue weighted by Crippen LogP contribution is 2.28. The smallest absolute Gasteiger partial charge is 0.258 e. The molecule has 1 rings (SSSR count). The van der Waals surface area contributed by atoms with Gasteiger partial charge in [-0.25, -0.2) is 8.42 Å². The van der Waals surface area contributed by atoms with Gasteiger partial charge in [0.1, 0.15) is 9.92 Å². The first-order valence-corrected chi connectivity index (χ1v) is 4.67. The first-order chi connectivity index (χ1) is 6.04. The summed E-state index contributed by atoms with van der Waals surface area (Å²) in [5.74, 6) is 0. The third-order valence-electron chi connectivity index (χ3n) is 1.34. The molecule has 0 radical (unpaired) electrons. The fraction of sp³-hybridized carbons (Fsp3) is 0. The third kappa shape index (κ3) is 1.96. The number of benzene rings is 1. The molecule has 0 aliphatic rings. The predicted molar refractivity (Wildman–Crippen MR) is 46.7 cm³/mol. The van der Waals surface area contributed by atoms with Crippen LogP contribution in [0.5, 0.6) is 0 Å². The van der Waals surface area contributed by atoms with Crippen LogP contribution in [0.1, 0.15) is 0 Å². The number of rotatable bonds is 2. The predicted octanol–water partition coefficient (Wildman–Crippen LogP) is 1.22. The Kier molecular flexibility index (Phi) is 2.84. The van der Waals surface area contributed by atoms with Crippen LogP contribution in [0.25, 0.3) is 0 Å². The quantitative estimate of drug-likeness (QED) is 0.463.